The smallest absolute Gasteiger partial charge is 0.339 e. The first-order valence-electron chi connectivity index (χ1n) is 7.12. The van der Waals surface area contributed by atoms with E-state index in [2.05, 4.69) is 5.48 Å². The van der Waals surface area contributed by atoms with E-state index in [9.17, 15) is 4.79 Å². The monoisotopic (exact) mass is 301 g/mol. The number of fused-ring (bicyclic) bond motifs is 1. The van der Waals surface area contributed by atoms with Crippen molar-refractivity contribution in [1.29, 1.82) is 0 Å². The van der Waals surface area contributed by atoms with Gasteiger partial charge in [-0.25, -0.2) is 4.79 Å². The summed E-state index contributed by atoms with van der Waals surface area (Å²) in [6.07, 6.45) is 1.98. The highest BCUT2D eigenvalue weighted by atomic mass is 16.7. The lowest BCUT2D eigenvalue weighted by atomic mass is 9.91. The van der Waals surface area contributed by atoms with Crippen LogP contribution in [0.5, 0.6) is 5.75 Å². The lowest BCUT2D eigenvalue weighted by molar-refractivity contribution is 0.0852. The van der Waals surface area contributed by atoms with E-state index in [1.165, 1.54) is 0 Å². The van der Waals surface area contributed by atoms with Gasteiger partial charge in [-0.05, 0) is 57.0 Å². The maximum Gasteiger partial charge on any atom is 0.339 e. The number of hydrogen-bond donors (Lipinski definition) is 1. The molecule has 1 aliphatic rings. The second kappa shape index (κ2) is 4.88. The second-order valence-corrected chi connectivity index (χ2v) is 5.85. The van der Waals surface area contributed by atoms with E-state index < -0.39 is 5.54 Å². The largest absolute Gasteiger partial charge is 0.496 e. The minimum Gasteiger partial charge on any atom is -0.496 e. The van der Waals surface area contributed by atoms with Crippen molar-refractivity contribution < 1.29 is 14.0 Å². The molecule has 0 bridgehead atoms. The van der Waals surface area contributed by atoms with Gasteiger partial charge < -0.3 is 14.0 Å². The summed E-state index contributed by atoms with van der Waals surface area (Å²) in [5.74, 6) is 1.47. The number of hydrogen-bond acceptors (Lipinski definition) is 5. The van der Waals surface area contributed by atoms with Crippen LogP contribution in [0.2, 0.25) is 0 Å². The molecule has 1 N–H and O–H groups in total. The molecule has 0 radical (unpaired) electrons. The summed E-state index contributed by atoms with van der Waals surface area (Å²) in [7, 11) is 1.61. The van der Waals surface area contributed by atoms with Gasteiger partial charge >= 0.3 is 5.63 Å². The number of hydroxylamine groups is 1. The lowest BCUT2D eigenvalue weighted by Gasteiger charge is -2.22. The van der Waals surface area contributed by atoms with Crippen LogP contribution < -0.4 is 15.8 Å². The normalized spacial score (nSPS) is 20.9. The van der Waals surface area contributed by atoms with E-state index >= 15 is 0 Å². The van der Waals surface area contributed by atoms with Gasteiger partial charge in [0.2, 0.25) is 0 Å². The van der Waals surface area contributed by atoms with Crippen molar-refractivity contribution in [2.24, 2.45) is 0 Å². The summed E-state index contributed by atoms with van der Waals surface area (Å²) < 4.78 is 11.0. The van der Waals surface area contributed by atoms with Crippen LogP contribution in [0.25, 0.3) is 11.0 Å². The summed E-state index contributed by atoms with van der Waals surface area (Å²) in [6, 6.07) is 3.80. The fourth-order valence-electron chi connectivity index (χ4n) is 2.81. The predicted molar refractivity (Wildman–Crippen MR) is 83.8 cm³/mol. The third-order valence-electron chi connectivity index (χ3n) is 4.25. The van der Waals surface area contributed by atoms with Crippen molar-refractivity contribution in [2.45, 2.75) is 33.2 Å². The standard InChI is InChI=1S/C17H19NO4/c1-9-8-17(4,18-22-9)12-6-13(20-5)15-10(2)11(3)16(19)21-14(15)7-12/h6-8,18H,1-5H3. The number of benzene rings is 1. The van der Waals surface area contributed by atoms with Crippen LogP contribution >= 0.6 is 0 Å². The van der Waals surface area contributed by atoms with Gasteiger partial charge in [-0.3, -0.25) is 0 Å². The molecule has 1 unspecified atom stereocenters. The molecule has 0 aliphatic carbocycles. The molecule has 5 nitrogen and oxygen atoms in total. The number of nitrogens with one attached hydrogen (secondary N) is 1. The second-order valence-electron chi connectivity index (χ2n) is 5.85. The highest BCUT2D eigenvalue weighted by molar-refractivity contribution is 5.88. The van der Waals surface area contributed by atoms with Crippen LogP contribution in [0.1, 0.15) is 30.5 Å². The number of methoxy groups -OCH3 is 1. The van der Waals surface area contributed by atoms with Crippen LogP contribution in [-0.4, -0.2) is 7.11 Å². The Morgan fingerprint density at radius 2 is 1.91 bits per heavy atom. The van der Waals surface area contributed by atoms with E-state index in [0.717, 1.165) is 22.3 Å². The van der Waals surface area contributed by atoms with Crippen molar-refractivity contribution >= 4 is 11.0 Å². The molecule has 1 aromatic carbocycles. The van der Waals surface area contributed by atoms with Crippen molar-refractivity contribution in [3.05, 3.63) is 51.1 Å². The fourth-order valence-corrected chi connectivity index (χ4v) is 2.81. The molecule has 1 atom stereocenters. The van der Waals surface area contributed by atoms with E-state index in [0.29, 0.717) is 16.9 Å². The van der Waals surface area contributed by atoms with Crippen molar-refractivity contribution in [3.63, 3.8) is 0 Å². The van der Waals surface area contributed by atoms with Gasteiger partial charge in [0.05, 0.1) is 18.0 Å². The topological polar surface area (TPSA) is 60.7 Å². The SMILES string of the molecule is COc1cc(C2(C)C=C(C)ON2)cc2oc(=O)c(C)c(C)c12. The van der Waals surface area contributed by atoms with E-state index in [4.69, 9.17) is 14.0 Å². The van der Waals surface area contributed by atoms with Crippen molar-refractivity contribution in [2.75, 3.05) is 7.11 Å². The van der Waals surface area contributed by atoms with Crippen LogP contribution in [-0.2, 0) is 10.4 Å². The van der Waals surface area contributed by atoms with E-state index in [-0.39, 0.29) is 5.63 Å². The van der Waals surface area contributed by atoms with Gasteiger partial charge in [0, 0.05) is 5.56 Å². The van der Waals surface area contributed by atoms with Gasteiger partial charge in [-0.1, -0.05) is 0 Å². The highest BCUT2D eigenvalue weighted by Crippen LogP contribution is 2.36. The van der Waals surface area contributed by atoms with E-state index in [1.807, 2.05) is 39.0 Å². The van der Waals surface area contributed by atoms with Gasteiger partial charge in [-0.2, -0.15) is 0 Å². The molecule has 2 aromatic rings. The molecule has 0 fully saturated rings. The van der Waals surface area contributed by atoms with Crippen LogP contribution in [0.15, 0.2) is 33.2 Å². The zero-order chi connectivity index (χ0) is 16.1. The third-order valence-corrected chi connectivity index (χ3v) is 4.25. The average molecular weight is 301 g/mol. The number of rotatable bonds is 2. The number of aryl methyl sites for hydroxylation is 1. The molecular formula is C17H19NO4. The first-order valence-corrected chi connectivity index (χ1v) is 7.12. The van der Waals surface area contributed by atoms with Gasteiger partial charge in [0.1, 0.15) is 17.1 Å². The summed E-state index contributed by atoms with van der Waals surface area (Å²) >= 11 is 0. The molecular weight excluding hydrogens is 282 g/mol. The maximum absolute atomic E-state index is 12.0. The van der Waals surface area contributed by atoms with Crippen molar-refractivity contribution in [3.8, 4) is 5.75 Å². The highest BCUT2D eigenvalue weighted by Gasteiger charge is 2.32. The van der Waals surface area contributed by atoms with Crippen LogP contribution in [0, 0.1) is 13.8 Å². The summed E-state index contributed by atoms with van der Waals surface area (Å²) in [6.45, 7) is 7.53. The molecule has 0 amide bonds. The lowest BCUT2D eigenvalue weighted by Crippen LogP contribution is -2.32. The Kier molecular flexibility index (Phi) is 3.25. The minimum atomic E-state index is -0.497. The summed E-state index contributed by atoms with van der Waals surface area (Å²) in [5, 5.41) is 0.826. The molecule has 2 heterocycles. The first-order chi connectivity index (χ1) is 10.4. The number of ether oxygens (including phenoxy) is 1. The number of allylic oxidation sites excluding steroid dienone is 1. The van der Waals surface area contributed by atoms with E-state index in [1.54, 1.807) is 14.0 Å². The molecule has 22 heavy (non-hydrogen) atoms. The van der Waals surface area contributed by atoms with Crippen molar-refractivity contribution in [1.82, 2.24) is 5.48 Å². The molecule has 5 heteroatoms. The summed E-state index contributed by atoms with van der Waals surface area (Å²) in [5.41, 5.74) is 5.06. The quantitative estimate of drug-likeness (QED) is 0.864. The Balaban J connectivity index is 2.33. The Hall–Kier alpha value is -2.27. The predicted octanol–water partition coefficient (Wildman–Crippen LogP) is 3.07. The molecule has 0 spiro atoms. The zero-order valence-electron chi connectivity index (χ0n) is 13.4. The Bertz CT molecular complexity index is 850. The molecule has 1 aromatic heterocycles. The third kappa shape index (κ3) is 2.09. The molecule has 0 saturated carbocycles. The zero-order valence-corrected chi connectivity index (χ0v) is 13.4. The molecule has 116 valence electrons. The minimum absolute atomic E-state index is 0.322. The van der Waals surface area contributed by atoms with Crippen LogP contribution in [0.4, 0.5) is 0 Å². The van der Waals surface area contributed by atoms with Crippen LogP contribution in [0.3, 0.4) is 0 Å². The molecule has 3 rings (SSSR count). The fraction of sp³-hybridized carbons (Fsp3) is 0.353. The molecule has 1 aliphatic heterocycles. The van der Waals surface area contributed by atoms with Gasteiger partial charge in [0.25, 0.3) is 0 Å². The van der Waals surface area contributed by atoms with Gasteiger partial charge in [0.15, 0.2) is 0 Å². The maximum atomic E-state index is 12.0. The summed E-state index contributed by atoms with van der Waals surface area (Å²) in [4.78, 5) is 17.3. The Morgan fingerprint density at radius 3 is 2.50 bits per heavy atom. The Morgan fingerprint density at radius 1 is 1.18 bits per heavy atom. The Labute approximate surface area is 128 Å². The molecule has 0 saturated heterocycles. The first kappa shape index (κ1) is 14.7. The average Bonchev–Trinajstić information content (AvgIpc) is 2.84. The van der Waals surface area contributed by atoms with Gasteiger partial charge in [-0.15, -0.1) is 5.48 Å².